The van der Waals surface area contributed by atoms with Crippen LogP contribution in [-0.4, -0.2) is 10.9 Å². The van der Waals surface area contributed by atoms with Crippen molar-refractivity contribution in [2.75, 3.05) is 0 Å². The van der Waals surface area contributed by atoms with Crippen molar-refractivity contribution < 1.29 is 9.18 Å². The van der Waals surface area contributed by atoms with E-state index in [1.54, 1.807) is 36.7 Å². The normalized spacial score (nSPS) is 15.7. The largest absolute Gasteiger partial charge is 0.345 e. The third-order valence-corrected chi connectivity index (χ3v) is 3.53. The van der Waals surface area contributed by atoms with Gasteiger partial charge in [0.15, 0.2) is 0 Å². The smallest absolute Gasteiger partial charge is 0.253 e. The van der Waals surface area contributed by atoms with Gasteiger partial charge in [0.2, 0.25) is 0 Å². The molecule has 3 nitrogen and oxygen atoms in total. The van der Waals surface area contributed by atoms with Crippen molar-refractivity contribution in [2.45, 2.75) is 18.9 Å². The first-order valence-electron chi connectivity index (χ1n) is 6.70. The Labute approximate surface area is 116 Å². The monoisotopic (exact) mass is 270 g/mol. The SMILES string of the molecule is O=C(NC(c1ccc(F)cc1)C1CC1)c1cccnc1. The molecule has 1 atom stereocenters. The van der Waals surface area contributed by atoms with Crippen molar-refractivity contribution in [1.82, 2.24) is 10.3 Å². The molecule has 1 aliphatic rings. The van der Waals surface area contributed by atoms with Crippen LogP contribution in [0.1, 0.15) is 34.8 Å². The maximum Gasteiger partial charge on any atom is 0.253 e. The summed E-state index contributed by atoms with van der Waals surface area (Å²) >= 11 is 0. The van der Waals surface area contributed by atoms with Gasteiger partial charge in [-0.3, -0.25) is 9.78 Å². The van der Waals surface area contributed by atoms with Gasteiger partial charge in [0.25, 0.3) is 5.91 Å². The van der Waals surface area contributed by atoms with Crippen molar-refractivity contribution in [3.63, 3.8) is 0 Å². The Bertz CT molecular complexity index is 594. The lowest BCUT2D eigenvalue weighted by atomic mass is 10.0. The molecule has 3 rings (SSSR count). The van der Waals surface area contributed by atoms with Crippen LogP contribution in [0.15, 0.2) is 48.8 Å². The topological polar surface area (TPSA) is 42.0 Å². The molecule has 102 valence electrons. The molecule has 1 heterocycles. The summed E-state index contributed by atoms with van der Waals surface area (Å²) in [5.41, 5.74) is 1.49. The van der Waals surface area contributed by atoms with Crippen LogP contribution in [-0.2, 0) is 0 Å². The van der Waals surface area contributed by atoms with E-state index in [0.29, 0.717) is 11.5 Å². The highest BCUT2D eigenvalue weighted by atomic mass is 19.1. The highest BCUT2D eigenvalue weighted by Crippen LogP contribution is 2.41. The number of hydrogen-bond acceptors (Lipinski definition) is 2. The molecule has 0 aliphatic heterocycles. The number of carbonyl (C=O) groups excluding carboxylic acids is 1. The third kappa shape index (κ3) is 2.85. The summed E-state index contributed by atoms with van der Waals surface area (Å²) in [4.78, 5) is 16.1. The molecule has 0 spiro atoms. The minimum Gasteiger partial charge on any atom is -0.345 e. The summed E-state index contributed by atoms with van der Waals surface area (Å²) in [5, 5.41) is 3.03. The van der Waals surface area contributed by atoms with Crippen molar-refractivity contribution in [3.8, 4) is 0 Å². The number of amides is 1. The summed E-state index contributed by atoms with van der Waals surface area (Å²) in [7, 11) is 0. The van der Waals surface area contributed by atoms with Crippen LogP contribution < -0.4 is 5.32 Å². The fourth-order valence-electron chi connectivity index (χ4n) is 2.29. The van der Waals surface area contributed by atoms with Crippen LogP contribution in [0.4, 0.5) is 4.39 Å². The van der Waals surface area contributed by atoms with Gasteiger partial charge in [-0.1, -0.05) is 12.1 Å². The number of nitrogens with one attached hydrogen (secondary N) is 1. The van der Waals surface area contributed by atoms with E-state index in [0.717, 1.165) is 18.4 Å². The third-order valence-electron chi connectivity index (χ3n) is 3.53. The molecule has 1 fully saturated rings. The van der Waals surface area contributed by atoms with Gasteiger partial charge in [0.05, 0.1) is 11.6 Å². The van der Waals surface area contributed by atoms with E-state index in [-0.39, 0.29) is 17.8 Å². The van der Waals surface area contributed by atoms with Gasteiger partial charge in [0, 0.05) is 12.4 Å². The van der Waals surface area contributed by atoms with Gasteiger partial charge in [-0.25, -0.2) is 4.39 Å². The molecule has 2 aromatic rings. The molecule has 1 aromatic carbocycles. The first kappa shape index (κ1) is 12.8. The molecule has 4 heteroatoms. The summed E-state index contributed by atoms with van der Waals surface area (Å²) in [6, 6.07) is 9.75. The maximum atomic E-state index is 13.0. The van der Waals surface area contributed by atoms with Gasteiger partial charge in [-0.05, 0) is 48.6 Å². The number of carbonyl (C=O) groups is 1. The molecule has 20 heavy (non-hydrogen) atoms. The molecule has 1 unspecified atom stereocenters. The Hall–Kier alpha value is -2.23. The Morgan fingerprint density at radius 1 is 1.25 bits per heavy atom. The fraction of sp³-hybridized carbons (Fsp3) is 0.250. The lowest BCUT2D eigenvalue weighted by Crippen LogP contribution is -2.29. The molecule has 1 saturated carbocycles. The van der Waals surface area contributed by atoms with Crippen LogP contribution in [0.25, 0.3) is 0 Å². The summed E-state index contributed by atoms with van der Waals surface area (Å²) < 4.78 is 13.0. The van der Waals surface area contributed by atoms with Crippen molar-refractivity contribution in [3.05, 3.63) is 65.7 Å². The lowest BCUT2D eigenvalue weighted by molar-refractivity contribution is 0.0931. The molecule has 0 saturated heterocycles. The van der Waals surface area contributed by atoms with Crippen molar-refractivity contribution in [2.24, 2.45) is 5.92 Å². The number of aromatic nitrogens is 1. The van der Waals surface area contributed by atoms with Crippen molar-refractivity contribution >= 4 is 5.91 Å². The zero-order valence-corrected chi connectivity index (χ0v) is 10.9. The van der Waals surface area contributed by atoms with E-state index >= 15 is 0 Å². The number of nitrogens with zero attached hydrogens (tertiary/aromatic N) is 1. The predicted molar refractivity (Wildman–Crippen MR) is 73.6 cm³/mol. The maximum absolute atomic E-state index is 13.0. The number of hydrogen-bond donors (Lipinski definition) is 1. The summed E-state index contributed by atoms with van der Waals surface area (Å²) in [6.45, 7) is 0. The summed E-state index contributed by atoms with van der Waals surface area (Å²) in [6.07, 6.45) is 5.36. The second-order valence-electron chi connectivity index (χ2n) is 5.08. The fourth-order valence-corrected chi connectivity index (χ4v) is 2.29. The van der Waals surface area contributed by atoms with E-state index in [1.807, 2.05) is 0 Å². The molecule has 1 amide bonds. The molecule has 0 bridgehead atoms. The van der Waals surface area contributed by atoms with Crippen LogP contribution in [0, 0.1) is 11.7 Å². The van der Waals surface area contributed by atoms with E-state index in [9.17, 15) is 9.18 Å². The average Bonchev–Trinajstić information content (AvgIpc) is 3.31. The average molecular weight is 270 g/mol. The molecule has 0 radical (unpaired) electrons. The van der Waals surface area contributed by atoms with Gasteiger partial charge in [-0.15, -0.1) is 0 Å². The zero-order chi connectivity index (χ0) is 13.9. The standard InChI is InChI=1S/C16H15FN2O/c17-14-7-5-12(6-8-14)15(11-3-4-11)19-16(20)13-2-1-9-18-10-13/h1-2,5-11,15H,3-4H2,(H,19,20). The van der Waals surface area contributed by atoms with Gasteiger partial charge >= 0.3 is 0 Å². The van der Waals surface area contributed by atoms with E-state index < -0.39 is 0 Å². The van der Waals surface area contributed by atoms with Gasteiger partial charge < -0.3 is 5.32 Å². The molecule has 1 aromatic heterocycles. The molecular weight excluding hydrogens is 255 g/mol. The van der Waals surface area contributed by atoms with Crippen LogP contribution >= 0.6 is 0 Å². The second-order valence-corrected chi connectivity index (χ2v) is 5.08. The van der Waals surface area contributed by atoms with Gasteiger partial charge in [-0.2, -0.15) is 0 Å². The summed E-state index contributed by atoms with van der Waals surface area (Å²) in [5.74, 6) is 0.0438. The first-order chi connectivity index (χ1) is 9.74. The molecular formula is C16H15FN2O. The minimum absolute atomic E-state index is 0.0525. The predicted octanol–water partition coefficient (Wildman–Crippen LogP) is 3.10. The Morgan fingerprint density at radius 2 is 2.00 bits per heavy atom. The van der Waals surface area contributed by atoms with E-state index in [2.05, 4.69) is 10.3 Å². The second kappa shape index (κ2) is 5.41. The highest BCUT2D eigenvalue weighted by Gasteiger charge is 2.33. The number of rotatable bonds is 4. The highest BCUT2D eigenvalue weighted by molar-refractivity contribution is 5.94. The van der Waals surface area contributed by atoms with Gasteiger partial charge in [0.1, 0.15) is 5.82 Å². The minimum atomic E-state index is -0.262. The molecule has 1 aliphatic carbocycles. The number of benzene rings is 1. The van der Waals surface area contributed by atoms with E-state index in [1.165, 1.54) is 12.1 Å². The Morgan fingerprint density at radius 3 is 2.60 bits per heavy atom. The number of pyridine rings is 1. The Balaban J connectivity index is 1.78. The van der Waals surface area contributed by atoms with Crippen LogP contribution in [0.2, 0.25) is 0 Å². The van der Waals surface area contributed by atoms with Crippen LogP contribution in [0.5, 0.6) is 0 Å². The van der Waals surface area contributed by atoms with Crippen molar-refractivity contribution in [1.29, 1.82) is 0 Å². The van der Waals surface area contributed by atoms with E-state index in [4.69, 9.17) is 0 Å². The Kier molecular flexibility index (Phi) is 3.46. The first-order valence-corrected chi connectivity index (χ1v) is 6.70. The quantitative estimate of drug-likeness (QED) is 0.927. The lowest BCUT2D eigenvalue weighted by Gasteiger charge is -2.18. The zero-order valence-electron chi connectivity index (χ0n) is 10.9. The molecule has 1 N–H and O–H groups in total. The van der Waals surface area contributed by atoms with Crippen LogP contribution in [0.3, 0.4) is 0 Å². The number of halogens is 1.